The Bertz CT molecular complexity index is 366. The van der Waals surface area contributed by atoms with E-state index in [0.717, 1.165) is 12.0 Å². The van der Waals surface area contributed by atoms with Gasteiger partial charge < -0.3 is 15.2 Å². The lowest BCUT2D eigenvalue weighted by Crippen LogP contribution is -2.02. The van der Waals surface area contributed by atoms with E-state index in [1.165, 1.54) is 0 Å². The van der Waals surface area contributed by atoms with Gasteiger partial charge in [0.2, 0.25) is 0 Å². The number of nitrogens with two attached hydrogens (primary N) is 1. The smallest absolute Gasteiger partial charge is 0.179 e. The average Bonchev–Trinajstić information content (AvgIpc) is 2.30. The highest BCUT2D eigenvalue weighted by Crippen LogP contribution is 2.36. The van der Waals surface area contributed by atoms with Crippen molar-refractivity contribution in [2.45, 2.75) is 13.0 Å². The fourth-order valence-electron chi connectivity index (χ4n) is 1.28. The number of methoxy groups -OCH3 is 1. The second-order valence-corrected chi connectivity index (χ2v) is 3.65. The van der Waals surface area contributed by atoms with Crippen LogP contribution >= 0.6 is 11.6 Å². The first-order valence-electron chi connectivity index (χ1n) is 5.03. The van der Waals surface area contributed by atoms with Crippen molar-refractivity contribution in [3.05, 3.63) is 35.4 Å². The van der Waals surface area contributed by atoms with E-state index in [4.69, 9.17) is 26.8 Å². The number of benzene rings is 1. The first-order chi connectivity index (χ1) is 7.72. The summed E-state index contributed by atoms with van der Waals surface area (Å²) in [5.41, 5.74) is 6.46. The van der Waals surface area contributed by atoms with Crippen molar-refractivity contribution < 1.29 is 9.47 Å². The number of halogens is 1. The van der Waals surface area contributed by atoms with E-state index in [-0.39, 0.29) is 0 Å². The van der Waals surface area contributed by atoms with Crippen LogP contribution in [0.15, 0.2) is 24.8 Å². The van der Waals surface area contributed by atoms with Gasteiger partial charge in [-0.2, -0.15) is 0 Å². The van der Waals surface area contributed by atoms with Crippen molar-refractivity contribution >= 4 is 11.6 Å². The van der Waals surface area contributed by atoms with Gasteiger partial charge in [-0.3, -0.25) is 0 Å². The fraction of sp³-hybridized carbons (Fsp3) is 0.333. The van der Waals surface area contributed by atoms with Crippen molar-refractivity contribution in [2.75, 3.05) is 13.7 Å². The van der Waals surface area contributed by atoms with E-state index in [1.54, 1.807) is 19.3 Å². The zero-order chi connectivity index (χ0) is 12.0. The Labute approximate surface area is 101 Å². The molecule has 4 heteroatoms. The molecule has 0 bridgehead atoms. The molecule has 1 aromatic carbocycles. The molecule has 0 radical (unpaired) electrons. The number of hydrogen-bond donors (Lipinski definition) is 1. The maximum absolute atomic E-state index is 6.08. The highest BCUT2D eigenvalue weighted by atomic mass is 35.5. The predicted molar refractivity (Wildman–Crippen MR) is 66.2 cm³/mol. The minimum Gasteiger partial charge on any atom is -0.493 e. The Morgan fingerprint density at radius 3 is 2.81 bits per heavy atom. The number of ether oxygens (including phenoxy) is 2. The van der Waals surface area contributed by atoms with Gasteiger partial charge in [0.1, 0.15) is 0 Å². The first-order valence-corrected chi connectivity index (χ1v) is 5.41. The van der Waals surface area contributed by atoms with E-state index in [1.807, 2.05) is 6.07 Å². The highest BCUT2D eigenvalue weighted by molar-refractivity contribution is 6.32. The lowest BCUT2D eigenvalue weighted by atomic mass is 10.2. The van der Waals surface area contributed by atoms with Gasteiger partial charge in [0.15, 0.2) is 11.5 Å². The van der Waals surface area contributed by atoms with Crippen LogP contribution in [0.3, 0.4) is 0 Å². The summed E-state index contributed by atoms with van der Waals surface area (Å²) in [6, 6.07) is 3.61. The lowest BCUT2D eigenvalue weighted by Gasteiger charge is -2.13. The van der Waals surface area contributed by atoms with Gasteiger partial charge >= 0.3 is 0 Å². The summed E-state index contributed by atoms with van der Waals surface area (Å²) in [7, 11) is 1.58. The number of hydrogen-bond acceptors (Lipinski definition) is 3. The summed E-state index contributed by atoms with van der Waals surface area (Å²) in [5.74, 6) is 1.17. The minimum absolute atomic E-state index is 0.420. The van der Waals surface area contributed by atoms with Gasteiger partial charge in [0.05, 0.1) is 18.7 Å². The number of rotatable bonds is 6. The van der Waals surface area contributed by atoms with Crippen LogP contribution in [0, 0.1) is 0 Å². The molecule has 1 aromatic rings. The quantitative estimate of drug-likeness (QED) is 0.615. The maximum Gasteiger partial charge on any atom is 0.179 e. The molecule has 0 atom stereocenters. The first kappa shape index (κ1) is 12.9. The van der Waals surface area contributed by atoms with Gasteiger partial charge in [0, 0.05) is 6.54 Å². The van der Waals surface area contributed by atoms with Crippen LogP contribution in [-0.4, -0.2) is 13.7 Å². The van der Waals surface area contributed by atoms with Crippen molar-refractivity contribution in [1.82, 2.24) is 0 Å². The van der Waals surface area contributed by atoms with Crippen LogP contribution in [0.2, 0.25) is 5.02 Å². The molecule has 3 nitrogen and oxygen atoms in total. The standard InChI is InChI=1S/C12H16ClNO2/c1-3-4-5-16-12-10(13)6-9(8-14)7-11(12)15-2/h3,6-7H,1,4-5,8,14H2,2H3. The molecule has 0 saturated heterocycles. The molecule has 0 aliphatic carbocycles. The topological polar surface area (TPSA) is 44.5 Å². The molecule has 0 saturated carbocycles. The molecule has 0 aliphatic rings. The van der Waals surface area contributed by atoms with E-state index in [2.05, 4.69) is 6.58 Å². The van der Waals surface area contributed by atoms with E-state index >= 15 is 0 Å². The Hall–Kier alpha value is -1.19. The molecular formula is C12H16ClNO2. The molecular weight excluding hydrogens is 226 g/mol. The van der Waals surface area contributed by atoms with Crippen LogP contribution in [0.5, 0.6) is 11.5 Å². The van der Waals surface area contributed by atoms with Crippen molar-refractivity contribution in [2.24, 2.45) is 5.73 Å². The fourth-order valence-corrected chi connectivity index (χ4v) is 1.56. The van der Waals surface area contributed by atoms with Gasteiger partial charge in [-0.15, -0.1) is 6.58 Å². The maximum atomic E-state index is 6.08. The van der Waals surface area contributed by atoms with Crippen molar-refractivity contribution in [3.8, 4) is 11.5 Å². The van der Waals surface area contributed by atoms with Crippen LogP contribution in [0.4, 0.5) is 0 Å². The SMILES string of the molecule is C=CCCOc1c(Cl)cc(CN)cc1OC. The molecule has 0 unspecified atom stereocenters. The summed E-state index contributed by atoms with van der Waals surface area (Å²) in [6.45, 7) is 4.57. The molecule has 0 heterocycles. The molecule has 0 aromatic heterocycles. The zero-order valence-electron chi connectivity index (χ0n) is 9.33. The predicted octanol–water partition coefficient (Wildman–Crippen LogP) is 2.76. The van der Waals surface area contributed by atoms with Crippen LogP contribution < -0.4 is 15.2 Å². The monoisotopic (exact) mass is 241 g/mol. The van der Waals surface area contributed by atoms with Crippen LogP contribution in [0.1, 0.15) is 12.0 Å². The third kappa shape index (κ3) is 3.15. The Kier molecular flexibility index (Phi) is 5.15. The molecule has 0 fully saturated rings. The third-order valence-electron chi connectivity index (χ3n) is 2.09. The Morgan fingerprint density at radius 1 is 1.50 bits per heavy atom. The third-order valence-corrected chi connectivity index (χ3v) is 2.37. The van der Waals surface area contributed by atoms with E-state index in [0.29, 0.717) is 29.7 Å². The van der Waals surface area contributed by atoms with Crippen molar-refractivity contribution in [1.29, 1.82) is 0 Å². The summed E-state index contributed by atoms with van der Waals surface area (Å²) >= 11 is 6.08. The van der Waals surface area contributed by atoms with Crippen LogP contribution in [-0.2, 0) is 6.54 Å². The van der Waals surface area contributed by atoms with Gasteiger partial charge in [-0.05, 0) is 24.1 Å². The average molecular weight is 242 g/mol. The molecule has 0 amide bonds. The molecule has 0 aliphatic heterocycles. The lowest BCUT2D eigenvalue weighted by molar-refractivity contribution is 0.300. The normalized spacial score (nSPS) is 9.94. The van der Waals surface area contributed by atoms with Crippen LogP contribution in [0.25, 0.3) is 0 Å². The summed E-state index contributed by atoms with van der Waals surface area (Å²) < 4.78 is 10.7. The van der Waals surface area contributed by atoms with Gasteiger partial charge in [-0.25, -0.2) is 0 Å². The minimum atomic E-state index is 0.420. The zero-order valence-corrected chi connectivity index (χ0v) is 10.1. The van der Waals surface area contributed by atoms with E-state index < -0.39 is 0 Å². The molecule has 1 rings (SSSR count). The molecule has 2 N–H and O–H groups in total. The highest BCUT2D eigenvalue weighted by Gasteiger charge is 2.11. The Balaban J connectivity index is 2.92. The van der Waals surface area contributed by atoms with Gasteiger partial charge in [0.25, 0.3) is 0 Å². The molecule has 16 heavy (non-hydrogen) atoms. The summed E-state index contributed by atoms with van der Waals surface area (Å²) in [6.07, 6.45) is 2.55. The van der Waals surface area contributed by atoms with Gasteiger partial charge in [-0.1, -0.05) is 17.7 Å². The summed E-state index contributed by atoms with van der Waals surface area (Å²) in [4.78, 5) is 0. The Morgan fingerprint density at radius 2 is 2.25 bits per heavy atom. The second-order valence-electron chi connectivity index (χ2n) is 3.24. The van der Waals surface area contributed by atoms with Crippen molar-refractivity contribution in [3.63, 3.8) is 0 Å². The van der Waals surface area contributed by atoms with E-state index in [9.17, 15) is 0 Å². The summed E-state index contributed by atoms with van der Waals surface area (Å²) in [5, 5.41) is 0.517. The second kappa shape index (κ2) is 6.40. The molecule has 0 spiro atoms. The molecule has 88 valence electrons. The largest absolute Gasteiger partial charge is 0.493 e.